The molecule has 1 heterocycles. The molecule has 0 atom stereocenters. The Hall–Kier alpha value is -3.21. The first kappa shape index (κ1) is 23.5. The van der Waals surface area contributed by atoms with Gasteiger partial charge in [0, 0.05) is 36.7 Å². The molecule has 0 radical (unpaired) electrons. The van der Waals surface area contributed by atoms with Gasteiger partial charge in [-0.25, -0.2) is 14.6 Å². The predicted molar refractivity (Wildman–Crippen MR) is 115 cm³/mol. The van der Waals surface area contributed by atoms with Crippen molar-refractivity contribution in [2.75, 3.05) is 13.7 Å². The van der Waals surface area contributed by atoms with E-state index in [0.29, 0.717) is 27.6 Å². The summed E-state index contributed by atoms with van der Waals surface area (Å²) in [5.74, 6) is -0.512. The van der Waals surface area contributed by atoms with Gasteiger partial charge in [-0.2, -0.15) is 4.98 Å². The number of halogens is 3. The molecule has 32 heavy (non-hydrogen) atoms. The van der Waals surface area contributed by atoms with Gasteiger partial charge in [0.1, 0.15) is 12.4 Å². The van der Waals surface area contributed by atoms with Gasteiger partial charge in [0.25, 0.3) is 5.91 Å². The molecule has 0 saturated heterocycles. The number of aryl methyl sites for hydroxylation is 1. The Labute approximate surface area is 192 Å². The number of hydrogen-bond donors (Lipinski definition) is 3. The maximum Gasteiger partial charge on any atom is 0.333 e. The molecule has 0 unspecified atom stereocenters. The quantitative estimate of drug-likeness (QED) is 0.462. The van der Waals surface area contributed by atoms with Crippen molar-refractivity contribution < 1.29 is 23.2 Å². The van der Waals surface area contributed by atoms with Crippen LogP contribution in [0.1, 0.15) is 11.5 Å². The molecular weight excluding hydrogens is 464 g/mol. The number of carbonyl (C=O) groups excluding carboxylic acids is 2. The Morgan fingerprint density at radius 3 is 2.62 bits per heavy atom. The van der Waals surface area contributed by atoms with E-state index in [0.717, 1.165) is 0 Å². The summed E-state index contributed by atoms with van der Waals surface area (Å²) in [5.41, 5.74) is 5.92. The van der Waals surface area contributed by atoms with E-state index in [1.165, 1.54) is 25.3 Å². The number of hydrogen-bond acceptors (Lipinski definition) is 6. The third-order valence-electron chi connectivity index (χ3n) is 4.20. The number of nitrogens with zero attached hydrogens (tertiary/aromatic N) is 2. The highest BCUT2D eigenvalue weighted by atomic mass is 35.5. The van der Waals surface area contributed by atoms with Crippen molar-refractivity contribution >= 4 is 35.1 Å². The average Bonchev–Trinajstić information content (AvgIpc) is 3.16. The number of carbonyl (C=O) groups is 2. The maximum atomic E-state index is 14.8. The fourth-order valence-corrected chi connectivity index (χ4v) is 3.38. The van der Waals surface area contributed by atoms with Crippen molar-refractivity contribution in [1.82, 2.24) is 26.3 Å². The van der Waals surface area contributed by atoms with Crippen molar-refractivity contribution in [3.8, 4) is 22.5 Å². The molecule has 0 aliphatic rings. The van der Waals surface area contributed by atoms with Gasteiger partial charge in [-0.05, 0) is 29.3 Å². The number of amides is 3. The lowest BCUT2D eigenvalue weighted by Crippen LogP contribution is -2.47. The van der Waals surface area contributed by atoms with Crippen molar-refractivity contribution in [3.63, 3.8) is 0 Å². The van der Waals surface area contributed by atoms with E-state index >= 15 is 0 Å². The molecule has 0 aliphatic carbocycles. The van der Waals surface area contributed by atoms with Crippen LogP contribution in [0.4, 0.5) is 9.18 Å². The molecule has 0 bridgehead atoms. The number of aromatic nitrogens is 2. The van der Waals surface area contributed by atoms with Crippen molar-refractivity contribution in [2.45, 2.75) is 13.5 Å². The Morgan fingerprint density at radius 2 is 1.97 bits per heavy atom. The van der Waals surface area contributed by atoms with E-state index in [9.17, 15) is 14.0 Å². The molecule has 0 aliphatic heterocycles. The van der Waals surface area contributed by atoms with Crippen molar-refractivity contribution in [3.05, 3.63) is 57.6 Å². The van der Waals surface area contributed by atoms with Gasteiger partial charge in [-0.3, -0.25) is 10.2 Å². The van der Waals surface area contributed by atoms with Crippen LogP contribution in [0, 0.1) is 12.7 Å². The summed E-state index contributed by atoms with van der Waals surface area (Å²) in [5, 5.41) is 6.97. The largest absolute Gasteiger partial charge is 0.375 e. The number of hydrazine groups is 1. The van der Waals surface area contributed by atoms with Gasteiger partial charge in [0.15, 0.2) is 0 Å². The van der Waals surface area contributed by atoms with Gasteiger partial charge in [-0.15, -0.1) is 0 Å². The topological polar surface area (TPSA) is 118 Å². The molecule has 0 saturated carbocycles. The molecule has 2 aromatic carbocycles. The second kappa shape index (κ2) is 10.4. The van der Waals surface area contributed by atoms with E-state index in [1.54, 1.807) is 19.1 Å². The Morgan fingerprint density at radius 1 is 1.19 bits per heavy atom. The lowest BCUT2D eigenvalue weighted by atomic mass is 9.97. The summed E-state index contributed by atoms with van der Waals surface area (Å²) in [6.07, 6.45) is 0. The molecule has 3 rings (SSSR count). The van der Waals surface area contributed by atoms with Gasteiger partial charge < -0.3 is 14.6 Å². The van der Waals surface area contributed by atoms with Crippen LogP contribution in [0.25, 0.3) is 22.5 Å². The van der Waals surface area contributed by atoms with Crippen LogP contribution in [0.15, 0.2) is 34.9 Å². The summed E-state index contributed by atoms with van der Waals surface area (Å²) < 4.78 is 24.4. The van der Waals surface area contributed by atoms with Crippen LogP contribution in [0.2, 0.25) is 10.0 Å². The highest BCUT2D eigenvalue weighted by molar-refractivity contribution is 6.37. The van der Waals surface area contributed by atoms with E-state index < -0.39 is 17.8 Å². The van der Waals surface area contributed by atoms with Crippen LogP contribution >= 0.6 is 23.2 Å². The molecule has 0 fully saturated rings. The minimum atomic E-state index is -0.714. The third-order valence-corrected chi connectivity index (χ3v) is 4.72. The van der Waals surface area contributed by atoms with Gasteiger partial charge in [0.2, 0.25) is 11.7 Å². The fraction of sp³-hybridized carbons (Fsp3) is 0.200. The smallest absolute Gasteiger partial charge is 0.333 e. The first-order valence-electron chi connectivity index (χ1n) is 9.18. The summed E-state index contributed by atoms with van der Waals surface area (Å²) in [7, 11) is 1.34. The van der Waals surface area contributed by atoms with Crippen LogP contribution < -0.4 is 16.2 Å². The lowest BCUT2D eigenvalue weighted by Gasteiger charge is -2.12. The average molecular weight is 482 g/mol. The molecular formula is C20H18Cl2FN5O4. The van der Waals surface area contributed by atoms with Crippen molar-refractivity contribution in [2.24, 2.45) is 0 Å². The Kier molecular flexibility index (Phi) is 7.62. The summed E-state index contributed by atoms with van der Waals surface area (Å²) in [6.45, 7) is 1.31. The molecule has 3 amide bonds. The van der Waals surface area contributed by atoms with Gasteiger partial charge in [-0.1, -0.05) is 40.5 Å². The third kappa shape index (κ3) is 5.72. The fourth-order valence-electron chi connectivity index (χ4n) is 2.80. The minimum absolute atomic E-state index is 0.120. The Bertz CT molecular complexity index is 1160. The first-order chi connectivity index (χ1) is 15.3. The van der Waals surface area contributed by atoms with E-state index in [1.807, 2.05) is 0 Å². The summed E-state index contributed by atoms with van der Waals surface area (Å²) in [4.78, 5) is 27.2. The molecule has 9 nitrogen and oxygen atoms in total. The molecule has 1 aromatic heterocycles. The SMILES string of the molecule is COCC(=O)NNC(=O)NCc1ccc(-c2cc(Cl)cc(Cl)c2-c2noc(C)n2)cc1F. The monoisotopic (exact) mass is 481 g/mol. The maximum absolute atomic E-state index is 14.8. The molecule has 3 N–H and O–H groups in total. The number of benzene rings is 2. The predicted octanol–water partition coefficient (Wildman–Crippen LogP) is 3.63. The standard InChI is InChI=1S/C20H18Cl2FN5O4/c1-10-25-19(28-32-10)18-14(6-13(21)7-15(18)22)11-3-4-12(16(23)5-11)8-24-20(30)27-26-17(29)9-31-2/h3-7H,8-9H2,1-2H3,(H,26,29)(H2,24,27,30). The zero-order chi connectivity index (χ0) is 23.3. The van der Waals surface area contributed by atoms with Crippen molar-refractivity contribution in [1.29, 1.82) is 0 Å². The van der Waals surface area contributed by atoms with Crippen LogP contribution in [-0.2, 0) is 16.1 Å². The number of urea groups is 1. The molecule has 168 valence electrons. The van der Waals surface area contributed by atoms with Crippen LogP contribution in [0.3, 0.4) is 0 Å². The highest BCUT2D eigenvalue weighted by Gasteiger charge is 2.19. The number of ether oxygens (including phenoxy) is 1. The lowest BCUT2D eigenvalue weighted by molar-refractivity contribution is -0.125. The zero-order valence-corrected chi connectivity index (χ0v) is 18.5. The Balaban J connectivity index is 1.79. The highest BCUT2D eigenvalue weighted by Crippen LogP contribution is 2.39. The summed E-state index contributed by atoms with van der Waals surface area (Å²) in [6, 6.07) is 6.89. The van der Waals surface area contributed by atoms with Crippen LogP contribution in [0.5, 0.6) is 0 Å². The number of methoxy groups -OCH3 is 1. The number of rotatable bonds is 6. The first-order valence-corrected chi connectivity index (χ1v) is 9.94. The van der Waals surface area contributed by atoms with E-state index in [2.05, 4.69) is 31.0 Å². The van der Waals surface area contributed by atoms with Gasteiger partial charge >= 0.3 is 6.03 Å². The summed E-state index contributed by atoms with van der Waals surface area (Å²) >= 11 is 12.5. The van der Waals surface area contributed by atoms with E-state index in [-0.39, 0.29) is 29.6 Å². The normalized spacial score (nSPS) is 10.7. The second-order valence-corrected chi connectivity index (χ2v) is 7.39. The molecule has 0 spiro atoms. The minimum Gasteiger partial charge on any atom is -0.375 e. The molecule has 12 heteroatoms. The van der Waals surface area contributed by atoms with E-state index in [4.69, 9.17) is 27.7 Å². The number of nitrogens with one attached hydrogen (secondary N) is 3. The molecule has 3 aromatic rings. The second-order valence-electron chi connectivity index (χ2n) is 6.54. The van der Waals surface area contributed by atoms with Crippen LogP contribution in [-0.4, -0.2) is 35.8 Å². The zero-order valence-electron chi connectivity index (χ0n) is 17.0. The van der Waals surface area contributed by atoms with Gasteiger partial charge in [0.05, 0.1) is 5.02 Å².